The SMILES string of the molecule is CCOC(=O)[C@H](CN[C@@H](Cc1ccccc1)C(=O)OC(C)(C)C)NC(=O)OC(C)(C)C. The molecule has 2 atom stereocenters. The fourth-order valence-electron chi connectivity index (χ4n) is 2.61. The number of ether oxygens (including phenoxy) is 3. The zero-order chi connectivity index (χ0) is 23.7. The maximum atomic E-state index is 12.8. The number of esters is 2. The van der Waals surface area contributed by atoms with Gasteiger partial charge in [-0.1, -0.05) is 30.3 Å². The number of rotatable bonds is 9. The normalized spacial score (nSPS) is 13.6. The first kappa shape index (κ1) is 26.4. The van der Waals surface area contributed by atoms with Crippen LogP contribution in [0.3, 0.4) is 0 Å². The molecule has 0 spiro atoms. The summed E-state index contributed by atoms with van der Waals surface area (Å²) in [4.78, 5) is 37.3. The van der Waals surface area contributed by atoms with E-state index in [0.29, 0.717) is 6.42 Å². The Morgan fingerprint density at radius 2 is 1.45 bits per heavy atom. The van der Waals surface area contributed by atoms with Crippen molar-refractivity contribution in [1.29, 1.82) is 0 Å². The highest BCUT2D eigenvalue weighted by Crippen LogP contribution is 2.12. The molecule has 1 aromatic carbocycles. The second-order valence-corrected chi connectivity index (χ2v) is 9.13. The van der Waals surface area contributed by atoms with E-state index in [1.165, 1.54) is 0 Å². The summed E-state index contributed by atoms with van der Waals surface area (Å²) in [5, 5.41) is 5.57. The minimum Gasteiger partial charge on any atom is -0.464 e. The van der Waals surface area contributed by atoms with Crippen LogP contribution >= 0.6 is 0 Å². The van der Waals surface area contributed by atoms with E-state index in [-0.39, 0.29) is 13.2 Å². The maximum absolute atomic E-state index is 12.8. The van der Waals surface area contributed by atoms with Gasteiger partial charge < -0.3 is 24.8 Å². The van der Waals surface area contributed by atoms with Crippen LogP contribution in [0.1, 0.15) is 54.0 Å². The van der Waals surface area contributed by atoms with Gasteiger partial charge in [-0.15, -0.1) is 0 Å². The van der Waals surface area contributed by atoms with Crippen LogP contribution in [0.15, 0.2) is 30.3 Å². The van der Waals surface area contributed by atoms with Crippen molar-refractivity contribution < 1.29 is 28.6 Å². The molecule has 0 aliphatic rings. The third-order valence-electron chi connectivity index (χ3n) is 3.80. The van der Waals surface area contributed by atoms with Gasteiger partial charge in [0.05, 0.1) is 6.61 Å². The van der Waals surface area contributed by atoms with Gasteiger partial charge >= 0.3 is 18.0 Å². The summed E-state index contributed by atoms with van der Waals surface area (Å²) in [6, 6.07) is 7.71. The molecule has 0 aliphatic heterocycles. The van der Waals surface area contributed by atoms with Crippen molar-refractivity contribution in [3.05, 3.63) is 35.9 Å². The molecule has 8 heteroatoms. The molecule has 8 nitrogen and oxygen atoms in total. The van der Waals surface area contributed by atoms with Crippen LogP contribution in [0, 0.1) is 0 Å². The number of hydrogen-bond donors (Lipinski definition) is 2. The number of nitrogens with one attached hydrogen (secondary N) is 2. The first-order chi connectivity index (χ1) is 14.3. The average Bonchev–Trinajstić information content (AvgIpc) is 2.62. The quantitative estimate of drug-likeness (QED) is 0.453. The Bertz CT molecular complexity index is 722. The fraction of sp³-hybridized carbons (Fsp3) is 0.609. The van der Waals surface area contributed by atoms with Gasteiger partial charge in [0.1, 0.15) is 23.3 Å². The Morgan fingerprint density at radius 3 is 1.97 bits per heavy atom. The van der Waals surface area contributed by atoms with E-state index in [1.54, 1.807) is 48.5 Å². The lowest BCUT2D eigenvalue weighted by molar-refractivity contribution is -0.158. The summed E-state index contributed by atoms with van der Waals surface area (Å²) in [6.45, 7) is 12.3. The first-order valence-corrected chi connectivity index (χ1v) is 10.5. The lowest BCUT2D eigenvalue weighted by Crippen LogP contribution is -2.53. The van der Waals surface area contributed by atoms with E-state index in [9.17, 15) is 14.4 Å². The Hall–Kier alpha value is -2.61. The van der Waals surface area contributed by atoms with Crippen LogP contribution in [-0.2, 0) is 30.2 Å². The summed E-state index contributed by atoms with van der Waals surface area (Å²) in [6.07, 6.45) is -0.387. The van der Waals surface area contributed by atoms with Gasteiger partial charge in [0.25, 0.3) is 0 Å². The highest BCUT2D eigenvalue weighted by Gasteiger charge is 2.30. The van der Waals surface area contributed by atoms with Gasteiger partial charge in [0.15, 0.2) is 0 Å². The average molecular weight is 437 g/mol. The molecule has 0 radical (unpaired) electrons. The minimum absolute atomic E-state index is 0.0329. The van der Waals surface area contributed by atoms with Crippen molar-refractivity contribution in [1.82, 2.24) is 10.6 Å². The van der Waals surface area contributed by atoms with Crippen molar-refractivity contribution in [2.24, 2.45) is 0 Å². The molecular weight excluding hydrogens is 400 g/mol. The topological polar surface area (TPSA) is 103 Å². The Labute approximate surface area is 185 Å². The van der Waals surface area contributed by atoms with Gasteiger partial charge in [-0.25, -0.2) is 9.59 Å². The first-order valence-electron chi connectivity index (χ1n) is 10.5. The Balaban J connectivity index is 2.94. The lowest BCUT2D eigenvalue weighted by atomic mass is 10.1. The number of carbonyl (C=O) groups is 3. The fourth-order valence-corrected chi connectivity index (χ4v) is 2.61. The predicted molar refractivity (Wildman–Crippen MR) is 118 cm³/mol. The van der Waals surface area contributed by atoms with Crippen LogP contribution in [0.25, 0.3) is 0 Å². The third kappa shape index (κ3) is 11.4. The zero-order valence-electron chi connectivity index (χ0n) is 19.6. The summed E-state index contributed by atoms with van der Waals surface area (Å²) < 4.78 is 15.8. The van der Waals surface area contributed by atoms with Crippen LogP contribution < -0.4 is 10.6 Å². The molecule has 0 saturated heterocycles. The molecule has 0 fully saturated rings. The van der Waals surface area contributed by atoms with Crippen LogP contribution in [-0.4, -0.2) is 54.5 Å². The molecule has 0 unspecified atom stereocenters. The van der Waals surface area contributed by atoms with Gasteiger partial charge in [-0.2, -0.15) is 0 Å². The number of alkyl carbamates (subject to hydrolysis) is 1. The van der Waals surface area contributed by atoms with Gasteiger partial charge in [-0.05, 0) is 60.5 Å². The van der Waals surface area contributed by atoms with E-state index in [1.807, 2.05) is 30.3 Å². The number of amides is 1. The molecule has 174 valence electrons. The Kier molecular flexibility index (Phi) is 9.97. The molecule has 0 saturated carbocycles. The standard InChI is InChI=1S/C23H36N2O6/c1-8-29-19(26)18(25-21(28)31-23(5,6)7)15-24-17(20(27)30-22(2,3)4)14-16-12-10-9-11-13-16/h9-13,17-18,24H,8,14-15H2,1-7H3,(H,25,28)/t17-,18-/m0/s1. The molecule has 0 heterocycles. The lowest BCUT2D eigenvalue weighted by Gasteiger charge is -2.27. The molecule has 1 aromatic rings. The molecule has 0 bridgehead atoms. The molecule has 2 N–H and O–H groups in total. The summed E-state index contributed by atoms with van der Waals surface area (Å²) in [5.41, 5.74) is -0.454. The molecular formula is C23H36N2O6. The third-order valence-corrected chi connectivity index (χ3v) is 3.80. The molecule has 31 heavy (non-hydrogen) atoms. The summed E-state index contributed by atoms with van der Waals surface area (Å²) in [5.74, 6) is -1.07. The largest absolute Gasteiger partial charge is 0.464 e. The van der Waals surface area contributed by atoms with Gasteiger partial charge in [0, 0.05) is 6.54 Å². The second kappa shape index (κ2) is 11.7. The highest BCUT2D eigenvalue weighted by molar-refractivity contribution is 5.82. The smallest absolute Gasteiger partial charge is 0.408 e. The molecule has 0 aromatic heterocycles. The van der Waals surface area contributed by atoms with E-state index in [2.05, 4.69) is 10.6 Å². The predicted octanol–water partition coefficient (Wildman–Crippen LogP) is 2.99. The van der Waals surface area contributed by atoms with Crippen molar-refractivity contribution in [2.75, 3.05) is 13.2 Å². The number of carbonyl (C=O) groups excluding carboxylic acids is 3. The second-order valence-electron chi connectivity index (χ2n) is 9.13. The van der Waals surface area contributed by atoms with Gasteiger partial charge in [0.2, 0.25) is 0 Å². The maximum Gasteiger partial charge on any atom is 0.408 e. The van der Waals surface area contributed by atoms with E-state index in [4.69, 9.17) is 14.2 Å². The van der Waals surface area contributed by atoms with Crippen molar-refractivity contribution in [3.63, 3.8) is 0 Å². The van der Waals surface area contributed by atoms with Crippen LogP contribution in [0.4, 0.5) is 4.79 Å². The summed E-state index contributed by atoms with van der Waals surface area (Å²) in [7, 11) is 0. The van der Waals surface area contributed by atoms with Crippen molar-refractivity contribution >= 4 is 18.0 Å². The highest BCUT2D eigenvalue weighted by atomic mass is 16.6. The zero-order valence-corrected chi connectivity index (χ0v) is 19.6. The van der Waals surface area contributed by atoms with Crippen LogP contribution in [0.2, 0.25) is 0 Å². The minimum atomic E-state index is -1.03. The van der Waals surface area contributed by atoms with Crippen LogP contribution in [0.5, 0.6) is 0 Å². The van der Waals surface area contributed by atoms with E-state index in [0.717, 1.165) is 5.56 Å². The molecule has 0 aliphatic carbocycles. The summed E-state index contributed by atoms with van der Waals surface area (Å²) >= 11 is 0. The monoisotopic (exact) mass is 436 g/mol. The van der Waals surface area contributed by atoms with Gasteiger partial charge in [-0.3, -0.25) is 4.79 Å². The van der Waals surface area contributed by atoms with E-state index < -0.39 is 41.3 Å². The molecule has 1 rings (SSSR count). The number of benzene rings is 1. The Morgan fingerprint density at radius 1 is 0.871 bits per heavy atom. The van der Waals surface area contributed by atoms with Crippen molar-refractivity contribution in [2.45, 2.75) is 78.2 Å². The van der Waals surface area contributed by atoms with E-state index >= 15 is 0 Å². The van der Waals surface area contributed by atoms with Crippen molar-refractivity contribution in [3.8, 4) is 0 Å². The number of hydrogen-bond acceptors (Lipinski definition) is 7. The molecule has 1 amide bonds.